The van der Waals surface area contributed by atoms with E-state index in [1.165, 1.54) is 0 Å². The molecule has 2 amide bonds. The molecule has 8 heteroatoms. The number of fused-ring (bicyclic) bond motifs is 4. The molecule has 30 heavy (non-hydrogen) atoms. The van der Waals surface area contributed by atoms with Crippen LogP contribution in [-0.2, 0) is 20.8 Å². The van der Waals surface area contributed by atoms with Gasteiger partial charge in [0.05, 0.1) is 6.04 Å². The first-order chi connectivity index (χ1) is 14.5. The summed E-state index contributed by atoms with van der Waals surface area (Å²) in [4.78, 5) is 37.6. The molecule has 154 valence electrons. The first-order valence-electron chi connectivity index (χ1n) is 9.85. The van der Waals surface area contributed by atoms with Crippen LogP contribution >= 0.6 is 0 Å². The van der Waals surface area contributed by atoms with Gasteiger partial charge < -0.3 is 24.8 Å². The van der Waals surface area contributed by atoms with Crippen molar-refractivity contribution in [1.82, 2.24) is 10.2 Å². The van der Waals surface area contributed by atoms with E-state index in [2.05, 4.69) is 11.4 Å². The minimum absolute atomic E-state index is 0.0744. The molecule has 0 bridgehead atoms. The summed E-state index contributed by atoms with van der Waals surface area (Å²) in [6, 6.07) is 11.0. The summed E-state index contributed by atoms with van der Waals surface area (Å²) in [6.45, 7) is -0.245. The molecule has 2 aromatic carbocycles. The summed E-state index contributed by atoms with van der Waals surface area (Å²) < 4.78 is 10.9. The number of nitrogens with zero attached hydrogens (tertiary/aromatic N) is 1. The Morgan fingerprint density at radius 3 is 2.70 bits per heavy atom. The fraction of sp³-hybridized carbons (Fsp3) is 0.318. The van der Waals surface area contributed by atoms with Gasteiger partial charge in [-0.05, 0) is 46.9 Å². The summed E-state index contributed by atoms with van der Waals surface area (Å²) in [5.41, 5.74) is 4.03. The second-order valence-electron chi connectivity index (χ2n) is 7.67. The van der Waals surface area contributed by atoms with E-state index in [4.69, 9.17) is 14.6 Å². The van der Waals surface area contributed by atoms with Crippen LogP contribution in [0.15, 0.2) is 36.4 Å². The van der Waals surface area contributed by atoms with Crippen molar-refractivity contribution in [3.8, 4) is 22.6 Å². The Balaban J connectivity index is 1.48. The lowest BCUT2D eigenvalue weighted by Gasteiger charge is -2.38. The molecule has 2 N–H and O–H groups in total. The van der Waals surface area contributed by atoms with Crippen LogP contribution in [0.3, 0.4) is 0 Å². The number of benzene rings is 2. The molecule has 3 heterocycles. The van der Waals surface area contributed by atoms with Gasteiger partial charge in [-0.2, -0.15) is 0 Å². The fourth-order valence-corrected chi connectivity index (χ4v) is 4.55. The number of carboxylic acids is 1. The first-order valence-corrected chi connectivity index (χ1v) is 9.85. The monoisotopic (exact) mass is 408 g/mol. The third kappa shape index (κ3) is 3.04. The Labute approximate surface area is 172 Å². The van der Waals surface area contributed by atoms with Crippen molar-refractivity contribution in [2.45, 2.75) is 31.3 Å². The number of hydrogen-bond donors (Lipinski definition) is 2. The van der Waals surface area contributed by atoms with Crippen LogP contribution in [-0.4, -0.2) is 47.2 Å². The van der Waals surface area contributed by atoms with E-state index in [-0.39, 0.29) is 18.7 Å². The molecule has 0 aromatic heterocycles. The Morgan fingerprint density at radius 1 is 1.10 bits per heavy atom. The van der Waals surface area contributed by atoms with Crippen molar-refractivity contribution < 1.29 is 29.0 Å². The molecule has 1 saturated heterocycles. The molecular weight excluding hydrogens is 388 g/mol. The highest BCUT2D eigenvalue weighted by Crippen LogP contribution is 2.43. The number of hydrogen-bond acceptors (Lipinski definition) is 5. The predicted octanol–water partition coefficient (Wildman–Crippen LogP) is 1.87. The molecule has 2 atom stereocenters. The molecule has 0 unspecified atom stereocenters. The van der Waals surface area contributed by atoms with E-state index >= 15 is 0 Å². The summed E-state index contributed by atoms with van der Waals surface area (Å²) in [5, 5.41) is 11.3. The van der Waals surface area contributed by atoms with Crippen LogP contribution in [0.4, 0.5) is 0 Å². The highest BCUT2D eigenvalue weighted by molar-refractivity contribution is 5.91. The SMILES string of the molecule is O=C(O)CNC(=O)[C@@H]1Cc2ccc(-c3ccc4c(c3)OCO4)cc2[C@H]2CCC(=O)N21. The zero-order chi connectivity index (χ0) is 20.8. The zero-order valence-electron chi connectivity index (χ0n) is 16.1. The van der Waals surface area contributed by atoms with Crippen LogP contribution in [0.25, 0.3) is 11.1 Å². The molecule has 0 saturated carbocycles. The van der Waals surface area contributed by atoms with Gasteiger partial charge >= 0.3 is 5.97 Å². The van der Waals surface area contributed by atoms with Crippen LogP contribution in [0.5, 0.6) is 11.5 Å². The number of rotatable bonds is 4. The number of aliphatic carboxylic acids is 1. The molecule has 1 fully saturated rings. The average Bonchev–Trinajstić information content (AvgIpc) is 3.37. The van der Waals surface area contributed by atoms with Crippen LogP contribution < -0.4 is 14.8 Å². The lowest BCUT2D eigenvalue weighted by atomic mass is 9.86. The van der Waals surface area contributed by atoms with E-state index in [0.717, 1.165) is 28.0 Å². The molecular formula is C22H20N2O6. The van der Waals surface area contributed by atoms with Crippen LogP contribution in [0.2, 0.25) is 0 Å². The predicted molar refractivity (Wildman–Crippen MR) is 105 cm³/mol. The molecule has 3 aliphatic heterocycles. The van der Waals surface area contributed by atoms with Crippen molar-refractivity contribution in [2.75, 3.05) is 13.3 Å². The Bertz CT molecular complexity index is 1070. The fourth-order valence-electron chi connectivity index (χ4n) is 4.55. The summed E-state index contributed by atoms with van der Waals surface area (Å²) >= 11 is 0. The lowest BCUT2D eigenvalue weighted by molar-refractivity contribution is -0.142. The van der Waals surface area contributed by atoms with Gasteiger partial charge in [-0.25, -0.2) is 0 Å². The summed E-state index contributed by atoms with van der Waals surface area (Å²) in [7, 11) is 0. The zero-order valence-corrected chi connectivity index (χ0v) is 16.1. The second kappa shape index (κ2) is 7.05. The third-order valence-corrected chi connectivity index (χ3v) is 5.93. The standard InChI is InChI=1S/C22H20N2O6/c25-20-6-4-16-15-7-12(13-3-5-18-19(9-13)30-11-29-18)1-2-14(15)8-17(24(16)20)22(28)23-10-21(26)27/h1-3,5,7,9,16-17H,4,6,8,10-11H2,(H,23,28)(H,26,27)/t16-,17+/m1/s1. The number of carboxylic acid groups (broad SMARTS) is 1. The third-order valence-electron chi connectivity index (χ3n) is 5.93. The maximum absolute atomic E-state index is 12.6. The summed E-state index contributed by atoms with van der Waals surface area (Å²) in [5.74, 6) is -0.187. The number of carbonyl (C=O) groups excluding carboxylic acids is 2. The highest BCUT2D eigenvalue weighted by Gasteiger charge is 2.44. The van der Waals surface area contributed by atoms with Gasteiger partial charge in [-0.15, -0.1) is 0 Å². The molecule has 0 spiro atoms. The van der Waals surface area contributed by atoms with E-state index < -0.39 is 24.5 Å². The van der Waals surface area contributed by atoms with Crippen molar-refractivity contribution in [1.29, 1.82) is 0 Å². The van der Waals surface area contributed by atoms with Gasteiger partial charge in [0, 0.05) is 12.8 Å². The maximum atomic E-state index is 12.6. The van der Waals surface area contributed by atoms with Gasteiger partial charge in [0.25, 0.3) is 0 Å². The number of amides is 2. The van der Waals surface area contributed by atoms with Gasteiger partial charge in [0.2, 0.25) is 18.6 Å². The molecule has 5 rings (SSSR count). The van der Waals surface area contributed by atoms with Gasteiger partial charge in [-0.3, -0.25) is 14.4 Å². The van der Waals surface area contributed by atoms with Gasteiger partial charge in [0.1, 0.15) is 12.6 Å². The Morgan fingerprint density at radius 2 is 1.87 bits per heavy atom. The summed E-state index contributed by atoms with van der Waals surface area (Å²) in [6.07, 6.45) is 1.38. The molecule has 8 nitrogen and oxygen atoms in total. The second-order valence-corrected chi connectivity index (χ2v) is 7.67. The van der Waals surface area contributed by atoms with E-state index in [0.29, 0.717) is 25.0 Å². The van der Waals surface area contributed by atoms with Gasteiger partial charge in [-0.1, -0.05) is 18.2 Å². The Kier molecular flexibility index (Phi) is 4.34. The number of carbonyl (C=O) groups is 3. The smallest absolute Gasteiger partial charge is 0.322 e. The topological polar surface area (TPSA) is 105 Å². The number of ether oxygens (including phenoxy) is 2. The van der Waals surface area contributed by atoms with Crippen molar-refractivity contribution in [2.24, 2.45) is 0 Å². The van der Waals surface area contributed by atoms with Crippen LogP contribution in [0.1, 0.15) is 30.0 Å². The van der Waals surface area contributed by atoms with Crippen molar-refractivity contribution in [3.05, 3.63) is 47.5 Å². The molecule has 2 aromatic rings. The first kappa shape index (κ1) is 18.5. The normalized spacial score (nSPS) is 21.2. The highest BCUT2D eigenvalue weighted by atomic mass is 16.7. The Hall–Kier alpha value is -3.55. The minimum atomic E-state index is -1.11. The molecule has 0 aliphatic carbocycles. The minimum Gasteiger partial charge on any atom is -0.480 e. The van der Waals surface area contributed by atoms with E-state index in [1.807, 2.05) is 30.3 Å². The number of nitrogens with one attached hydrogen (secondary N) is 1. The molecule has 0 radical (unpaired) electrons. The largest absolute Gasteiger partial charge is 0.480 e. The average molecular weight is 408 g/mol. The molecule has 3 aliphatic rings. The maximum Gasteiger partial charge on any atom is 0.322 e. The van der Waals surface area contributed by atoms with Crippen molar-refractivity contribution >= 4 is 17.8 Å². The lowest BCUT2D eigenvalue weighted by Crippen LogP contribution is -2.52. The quantitative estimate of drug-likeness (QED) is 0.800. The van der Waals surface area contributed by atoms with E-state index in [1.54, 1.807) is 4.90 Å². The van der Waals surface area contributed by atoms with Crippen LogP contribution in [0, 0.1) is 0 Å². The van der Waals surface area contributed by atoms with Gasteiger partial charge in [0.15, 0.2) is 11.5 Å². The van der Waals surface area contributed by atoms with Crippen molar-refractivity contribution in [3.63, 3.8) is 0 Å². The van der Waals surface area contributed by atoms with E-state index in [9.17, 15) is 14.4 Å².